The molecule has 16 heavy (non-hydrogen) atoms. The topological polar surface area (TPSA) is 22.1 Å². The molecule has 2 aromatic rings. The van der Waals surface area contributed by atoms with Crippen LogP contribution in [0.4, 0.5) is 0 Å². The maximum atomic E-state index is 6.14. The lowest BCUT2D eigenvalue weighted by atomic mass is 10.2. The summed E-state index contributed by atoms with van der Waals surface area (Å²) in [6.07, 6.45) is 0. The Balaban J connectivity index is 2.54. The Kier molecular flexibility index (Phi) is 3.74. The summed E-state index contributed by atoms with van der Waals surface area (Å²) in [5, 5.41) is 3.81. The number of nitrogens with zero attached hydrogens (tertiary/aromatic N) is 1. The van der Waals surface area contributed by atoms with Gasteiger partial charge < -0.3 is 4.74 Å². The lowest BCUT2D eigenvalue weighted by molar-refractivity contribution is 0.415. The van der Waals surface area contributed by atoms with Gasteiger partial charge in [0.15, 0.2) is 0 Å². The summed E-state index contributed by atoms with van der Waals surface area (Å²) in [5.74, 6) is 0.561. The summed E-state index contributed by atoms with van der Waals surface area (Å²) >= 11 is 17.0. The third-order valence-corrected chi connectivity index (χ3v) is 4.14. The molecule has 2 nitrogen and oxygen atoms in total. The number of halogens is 3. The van der Waals surface area contributed by atoms with Crippen LogP contribution in [0, 0.1) is 0 Å². The van der Waals surface area contributed by atoms with Crippen LogP contribution in [-0.2, 0) is 0 Å². The number of rotatable bonds is 2. The Morgan fingerprint density at radius 3 is 2.62 bits per heavy atom. The molecule has 0 aliphatic rings. The van der Waals surface area contributed by atoms with Gasteiger partial charge >= 0.3 is 0 Å². The van der Waals surface area contributed by atoms with Crippen molar-refractivity contribution in [2.24, 2.45) is 0 Å². The van der Waals surface area contributed by atoms with E-state index in [2.05, 4.69) is 20.9 Å². The Labute approximate surface area is 115 Å². The number of benzene rings is 1. The molecule has 0 amide bonds. The molecular formula is C10H6BrCl2NOS. The van der Waals surface area contributed by atoms with E-state index in [1.54, 1.807) is 19.2 Å². The van der Waals surface area contributed by atoms with Gasteiger partial charge in [-0.3, -0.25) is 0 Å². The van der Waals surface area contributed by atoms with Crippen LogP contribution in [0.3, 0.4) is 0 Å². The van der Waals surface area contributed by atoms with Crippen molar-refractivity contribution in [2.75, 3.05) is 7.11 Å². The van der Waals surface area contributed by atoms with Crippen LogP contribution in [-0.4, -0.2) is 12.1 Å². The van der Waals surface area contributed by atoms with E-state index in [4.69, 9.17) is 27.9 Å². The highest BCUT2D eigenvalue weighted by molar-refractivity contribution is 9.10. The zero-order valence-electron chi connectivity index (χ0n) is 8.13. The zero-order valence-corrected chi connectivity index (χ0v) is 12.0. The summed E-state index contributed by atoms with van der Waals surface area (Å²) in [6.45, 7) is 0. The smallest absolute Gasteiger partial charge is 0.138 e. The van der Waals surface area contributed by atoms with Gasteiger partial charge in [0, 0.05) is 17.0 Å². The average molecular weight is 339 g/mol. The minimum atomic E-state index is 0.522. The highest BCUT2D eigenvalue weighted by Crippen LogP contribution is 2.38. The molecule has 0 spiro atoms. The van der Waals surface area contributed by atoms with E-state index in [-0.39, 0.29) is 0 Å². The van der Waals surface area contributed by atoms with Crippen LogP contribution in [0.5, 0.6) is 5.75 Å². The molecule has 2 rings (SSSR count). The molecule has 0 N–H and O–H groups in total. The fraction of sp³-hybridized carbons (Fsp3) is 0.100. The van der Waals surface area contributed by atoms with E-state index in [1.165, 1.54) is 11.3 Å². The molecule has 0 bridgehead atoms. The Morgan fingerprint density at radius 1 is 1.31 bits per heavy atom. The largest absolute Gasteiger partial charge is 0.495 e. The monoisotopic (exact) mass is 337 g/mol. The van der Waals surface area contributed by atoms with Crippen molar-refractivity contribution in [3.63, 3.8) is 0 Å². The number of hydrogen-bond acceptors (Lipinski definition) is 3. The second-order valence-corrected chi connectivity index (χ2v) is 5.43. The lowest BCUT2D eigenvalue weighted by Crippen LogP contribution is -1.86. The first-order valence-electron chi connectivity index (χ1n) is 4.26. The number of hydrogen-bond donors (Lipinski definition) is 0. The van der Waals surface area contributed by atoms with Crippen LogP contribution < -0.4 is 4.74 Å². The summed E-state index contributed by atoms with van der Waals surface area (Å²) in [7, 11) is 1.55. The standard InChI is InChI=1S/C10H6BrCl2NOS/c1-15-8-3-6(12)5(2-7(8)13)10-14-9(11)4-16-10/h2-4H,1H3. The van der Waals surface area contributed by atoms with Gasteiger partial charge in [0.25, 0.3) is 0 Å². The number of aromatic nitrogens is 1. The second-order valence-electron chi connectivity index (χ2n) is 2.94. The third-order valence-electron chi connectivity index (χ3n) is 1.95. The van der Waals surface area contributed by atoms with E-state index in [0.717, 1.165) is 15.2 Å². The molecule has 0 fully saturated rings. The maximum Gasteiger partial charge on any atom is 0.138 e. The normalized spacial score (nSPS) is 10.5. The molecule has 1 aromatic heterocycles. The second kappa shape index (κ2) is 4.92. The predicted octanol–water partition coefficient (Wildman–Crippen LogP) is 4.89. The summed E-state index contributed by atoms with van der Waals surface area (Å²) in [6, 6.07) is 3.45. The maximum absolute atomic E-state index is 6.14. The third kappa shape index (κ3) is 2.35. The van der Waals surface area contributed by atoms with Crippen LogP contribution >= 0.6 is 50.5 Å². The SMILES string of the molecule is COc1cc(Cl)c(-c2nc(Br)cs2)cc1Cl. The van der Waals surface area contributed by atoms with Crippen LogP contribution in [0.25, 0.3) is 10.6 Å². The van der Waals surface area contributed by atoms with Crippen molar-refractivity contribution in [2.45, 2.75) is 0 Å². The fourth-order valence-electron chi connectivity index (χ4n) is 1.23. The first-order valence-corrected chi connectivity index (χ1v) is 6.69. The summed E-state index contributed by atoms with van der Waals surface area (Å²) < 4.78 is 5.87. The molecule has 1 aromatic carbocycles. The van der Waals surface area contributed by atoms with Crippen molar-refractivity contribution >= 4 is 50.5 Å². The van der Waals surface area contributed by atoms with E-state index < -0.39 is 0 Å². The van der Waals surface area contributed by atoms with Crippen LogP contribution in [0.15, 0.2) is 22.1 Å². The van der Waals surface area contributed by atoms with E-state index >= 15 is 0 Å². The van der Waals surface area contributed by atoms with Crippen molar-refractivity contribution in [3.05, 3.63) is 32.2 Å². The van der Waals surface area contributed by atoms with Gasteiger partial charge in [-0.15, -0.1) is 11.3 Å². The lowest BCUT2D eigenvalue weighted by Gasteiger charge is -2.06. The highest BCUT2D eigenvalue weighted by atomic mass is 79.9. The number of methoxy groups -OCH3 is 1. The minimum Gasteiger partial charge on any atom is -0.495 e. The summed E-state index contributed by atoms with van der Waals surface area (Å²) in [5.41, 5.74) is 0.808. The van der Waals surface area contributed by atoms with Crippen LogP contribution in [0.1, 0.15) is 0 Å². The Hall–Kier alpha value is -0.290. The predicted molar refractivity (Wildman–Crippen MR) is 71.8 cm³/mol. The van der Waals surface area contributed by atoms with E-state index in [0.29, 0.717) is 15.8 Å². The first kappa shape index (κ1) is 12.2. The van der Waals surface area contributed by atoms with Gasteiger partial charge in [-0.1, -0.05) is 23.2 Å². The zero-order chi connectivity index (χ0) is 11.7. The number of ether oxygens (including phenoxy) is 1. The van der Waals surface area contributed by atoms with Crippen molar-refractivity contribution < 1.29 is 4.74 Å². The molecule has 0 radical (unpaired) electrons. The van der Waals surface area contributed by atoms with Crippen LogP contribution in [0.2, 0.25) is 10.0 Å². The number of thiazole rings is 1. The Bertz CT molecular complexity index is 530. The van der Waals surface area contributed by atoms with E-state index in [1.807, 2.05) is 5.38 Å². The molecule has 6 heteroatoms. The molecule has 0 saturated carbocycles. The molecule has 0 unspecified atom stereocenters. The fourth-order valence-corrected chi connectivity index (χ4v) is 3.05. The molecular weight excluding hydrogens is 333 g/mol. The molecule has 0 aliphatic carbocycles. The van der Waals surface area contributed by atoms with Gasteiger partial charge in [-0.25, -0.2) is 4.98 Å². The molecule has 0 aliphatic heterocycles. The van der Waals surface area contributed by atoms with Gasteiger partial charge in [-0.05, 0) is 22.0 Å². The van der Waals surface area contributed by atoms with Crippen molar-refractivity contribution in [1.82, 2.24) is 4.98 Å². The quantitative estimate of drug-likeness (QED) is 0.777. The summed E-state index contributed by atoms with van der Waals surface area (Å²) in [4.78, 5) is 4.29. The molecule has 1 heterocycles. The molecule has 84 valence electrons. The van der Waals surface area contributed by atoms with Gasteiger partial charge in [0.05, 0.1) is 17.2 Å². The van der Waals surface area contributed by atoms with Gasteiger partial charge in [0.1, 0.15) is 15.4 Å². The molecule has 0 atom stereocenters. The highest BCUT2D eigenvalue weighted by Gasteiger charge is 2.12. The van der Waals surface area contributed by atoms with Gasteiger partial charge in [-0.2, -0.15) is 0 Å². The van der Waals surface area contributed by atoms with Crippen molar-refractivity contribution in [3.8, 4) is 16.3 Å². The molecule has 0 saturated heterocycles. The first-order chi connectivity index (χ1) is 7.61. The minimum absolute atomic E-state index is 0.522. The van der Waals surface area contributed by atoms with Gasteiger partial charge in [0.2, 0.25) is 0 Å². The average Bonchev–Trinajstić information content (AvgIpc) is 2.67. The van der Waals surface area contributed by atoms with E-state index in [9.17, 15) is 0 Å². The van der Waals surface area contributed by atoms with Crippen molar-refractivity contribution in [1.29, 1.82) is 0 Å². The Morgan fingerprint density at radius 2 is 2.06 bits per heavy atom.